The molecule has 0 bridgehead atoms. The van der Waals surface area contributed by atoms with Gasteiger partial charge in [0.15, 0.2) is 5.88 Å². The van der Waals surface area contributed by atoms with E-state index in [1.165, 1.54) is 12.1 Å². The van der Waals surface area contributed by atoms with Gasteiger partial charge in [-0.15, -0.1) is 0 Å². The largest absolute Gasteiger partial charge is 0.494 e. The molecule has 0 fully saturated rings. The highest BCUT2D eigenvalue weighted by Crippen LogP contribution is 2.27. The Hall–Kier alpha value is -3.67. The van der Waals surface area contributed by atoms with Crippen molar-refractivity contribution in [2.45, 2.75) is 13.3 Å². The van der Waals surface area contributed by atoms with Crippen LogP contribution in [0.1, 0.15) is 16.8 Å². The maximum Gasteiger partial charge on any atom is 0.198 e. The first-order valence-electron chi connectivity index (χ1n) is 9.39. The van der Waals surface area contributed by atoms with E-state index in [4.69, 9.17) is 0 Å². The Balaban J connectivity index is 1.46. The molecule has 3 N–H and O–H groups in total. The van der Waals surface area contributed by atoms with Crippen LogP contribution < -0.4 is 5.32 Å². The lowest BCUT2D eigenvalue weighted by atomic mass is 10.1. The zero-order chi connectivity index (χ0) is 20.2. The zero-order valence-corrected chi connectivity index (χ0v) is 16.0. The SMILES string of the molecule is Cc1cc(N=Cc2c(O)[nH]c3cc(F)ccc23)ccc1NCCc1ccccn1. The number of rotatable bonds is 6. The van der Waals surface area contributed by atoms with Crippen LogP contribution in [-0.4, -0.2) is 27.8 Å². The van der Waals surface area contributed by atoms with E-state index in [0.717, 1.165) is 41.0 Å². The highest BCUT2D eigenvalue weighted by molar-refractivity contribution is 6.02. The van der Waals surface area contributed by atoms with E-state index in [1.54, 1.807) is 18.5 Å². The molecule has 6 heteroatoms. The summed E-state index contributed by atoms with van der Waals surface area (Å²) in [6.07, 6.45) is 4.24. The Morgan fingerprint density at radius 1 is 1.17 bits per heavy atom. The number of H-pyrrole nitrogens is 1. The molecule has 0 saturated carbocycles. The Morgan fingerprint density at radius 3 is 2.86 bits per heavy atom. The van der Waals surface area contributed by atoms with E-state index in [-0.39, 0.29) is 11.7 Å². The first-order valence-corrected chi connectivity index (χ1v) is 9.39. The highest BCUT2D eigenvalue weighted by atomic mass is 19.1. The van der Waals surface area contributed by atoms with E-state index in [0.29, 0.717) is 11.1 Å². The summed E-state index contributed by atoms with van der Waals surface area (Å²) >= 11 is 0. The monoisotopic (exact) mass is 388 g/mol. The maximum absolute atomic E-state index is 13.4. The Labute approximate surface area is 168 Å². The number of benzene rings is 2. The number of aromatic nitrogens is 2. The minimum absolute atomic E-state index is 0.0288. The Morgan fingerprint density at radius 2 is 2.07 bits per heavy atom. The van der Waals surface area contributed by atoms with Crippen molar-refractivity contribution in [1.82, 2.24) is 9.97 Å². The van der Waals surface area contributed by atoms with Crippen molar-refractivity contribution < 1.29 is 9.50 Å². The number of nitrogens with one attached hydrogen (secondary N) is 2. The highest BCUT2D eigenvalue weighted by Gasteiger charge is 2.09. The third-order valence-electron chi connectivity index (χ3n) is 4.76. The summed E-state index contributed by atoms with van der Waals surface area (Å²) in [7, 11) is 0. The van der Waals surface area contributed by atoms with Crippen LogP contribution in [0.2, 0.25) is 0 Å². The molecule has 2 aromatic heterocycles. The molecule has 146 valence electrons. The van der Waals surface area contributed by atoms with E-state index >= 15 is 0 Å². The van der Waals surface area contributed by atoms with Gasteiger partial charge in [0, 0.05) is 42.1 Å². The Kier molecular flexibility index (Phi) is 5.24. The summed E-state index contributed by atoms with van der Waals surface area (Å²) < 4.78 is 13.4. The van der Waals surface area contributed by atoms with Crippen LogP contribution in [0.5, 0.6) is 5.88 Å². The molecule has 0 aliphatic carbocycles. The van der Waals surface area contributed by atoms with Gasteiger partial charge in [0.05, 0.1) is 16.8 Å². The molecule has 0 saturated heterocycles. The second kappa shape index (κ2) is 8.14. The number of aryl methyl sites for hydroxylation is 1. The summed E-state index contributed by atoms with van der Waals surface area (Å²) in [6, 6.07) is 16.1. The van der Waals surface area contributed by atoms with Crippen LogP contribution in [0.4, 0.5) is 15.8 Å². The number of aromatic hydroxyl groups is 1. The predicted octanol–water partition coefficient (Wildman–Crippen LogP) is 5.12. The lowest BCUT2D eigenvalue weighted by Crippen LogP contribution is -2.06. The third-order valence-corrected chi connectivity index (χ3v) is 4.76. The van der Waals surface area contributed by atoms with Crippen molar-refractivity contribution >= 4 is 28.5 Å². The average Bonchev–Trinajstić information content (AvgIpc) is 3.02. The molecule has 0 aliphatic rings. The van der Waals surface area contributed by atoms with Gasteiger partial charge in [-0.25, -0.2) is 4.39 Å². The first-order chi connectivity index (χ1) is 14.1. The lowest BCUT2D eigenvalue weighted by molar-refractivity contribution is 0.457. The molecular formula is C23H21FN4O. The minimum atomic E-state index is -0.357. The van der Waals surface area contributed by atoms with Gasteiger partial charge in [-0.2, -0.15) is 0 Å². The Bertz CT molecular complexity index is 1170. The van der Waals surface area contributed by atoms with Crippen LogP contribution in [0.25, 0.3) is 10.9 Å². The topological polar surface area (TPSA) is 73.3 Å². The number of aromatic amines is 1. The second-order valence-electron chi connectivity index (χ2n) is 6.83. The van der Waals surface area contributed by atoms with E-state index < -0.39 is 0 Å². The number of anilines is 1. The van der Waals surface area contributed by atoms with Gasteiger partial charge in [-0.05, 0) is 61.0 Å². The molecule has 0 amide bonds. The smallest absolute Gasteiger partial charge is 0.198 e. The third kappa shape index (κ3) is 4.27. The van der Waals surface area contributed by atoms with Crippen molar-refractivity contribution in [3.63, 3.8) is 0 Å². The fourth-order valence-electron chi connectivity index (χ4n) is 3.24. The summed E-state index contributed by atoms with van der Waals surface area (Å²) in [5, 5.41) is 14.3. The quantitative estimate of drug-likeness (QED) is 0.401. The second-order valence-corrected chi connectivity index (χ2v) is 6.83. The molecule has 4 aromatic rings. The van der Waals surface area contributed by atoms with Gasteiger partial charge >= 0.3 is 0 Å². The summed E-state index contributed by atoms with van der Waals surface area (Å²) in [5.74, 6) is -0.386. The fraction of sp³-hybridized carbons (Fsp3) is 0.130. The molecule has 2 heterocycles. The molecule has 5 nitrogen and oxygen atoms in total. The summed E-state index contributed by atoms with van der Waals surface area (Å²) in [4.78, 5) is 11.6. The number of nitrogens with zero attached hydrogens (tertiary/aromatic N) is 2. The molecule has 0 spiro atoms. The van der Waals surface area contributed by atoms with Gasteiger partial charge in [-0.3, -0.25) is 9.98 Å². The average molecular weight is 388 g/mol. The minimum Gasteiger partial charge on any atom is -0.494 e. The van der Waals surface area contributed by atoms with E-state index in [2.05, 4.69) is 20.3 Å². The summed E-state index contributed by atoms with van der Waals surface area (Å²) in [6.45, 7) is 2.81. The van der Waals surface area contributed by atoms with E-state index in [9.17, 15) is 9.50 Å². The van der Waals surface area contributed by atoms with Crippen molar-refractivity contribution in [2.24, 2.45) is 4.99 Å². The summed E-state index contributed by atoms with van der Waals surface area (Å²) in [5.41, 5.74) is 5.02. The van der Waals surface area contributed by atoms with Gasteiger partial charge in [-0.1, -0.05) is 6.07 Å². The zero-order valence-electron chi connectivity index (χ0n) is 16.0. The number of hydrogen-bond acceptors (Lipinski definition) is 4. The molecule has 2 aromatic carbocycles. The molecule has 0 aliphatic heterocycles. The van der Waals surface area contributed by atoms with Gasteiger partial charge in [0.1, 0.15) is 5.82 Å². The van der Waals surface area contributed by atoms with Crippen molar-refractivity contribution in [1.29, 1.82) is 0 Å². The number of aliphatic imine (C=N–C) groups is 1. The standard InChI is InChI=1S/C23H21FN4O/c1-15-12-18(6-8-21(15)26-11-9-17-4-2-3-10-25-17)27-14-20-19-7-5-16(24)13-22(19)28-23(20)29/h2-8,10,12-14,26,28-29H,9,11H2,1H3. The van der Waals surface area contributed by atoms with Gasteiger partial charge in [0.2, 0.25) is 0 Å². The molecule has 0 radical (unpaired) electrons. The molecule has 4 rings (SSSR count). The number of fused-ring (bicyclic) bond motifs is 1. The van der Waals surface area contributed by atoms with Crippen molar-refractivity contribution in [2.75, 3.05) is 11.9 Å². The first kappa shape index (κ1) is 18.7. The number of hydrogen-bond donors (Lipinski definition) is 3. The van der Waals surface area contributed by atoms with Crippen LogP contribution >= 0.6 is 0 Å². The number of halogens is 1. The van der Waals surface area contributed by atoms with Crippen molar-refractivity contribution in [3.8, 4) is 5.88 Å². The van der Waals surface area contributed by atoms with Gasteiger partial charge < -0.3 is 15.4 Å². The van der Waals surface area contributed by atoms with Gasteiger partial charge in [0.25, 0.3) is 0 Å². The normalized spacial score (nSPS) is 11.4. The molecule has 0 unspecified atom stereocenters. The van der Waals surface area contributed by atoms with Crippen LogP contribution in [0.3, 0.4) is 0 Å². The molecule has 0 atom stereocenters. The maximum atomic E-state index is 13.4. The molecular weight excluding hydrogens is 367 g/mol. The van der Waals surface area contributed by atoms with Crippen LogP contribution in [0.15, 0.2) is 65.8 Å². The van der Waals surface area contributed by atoms with Crippen LogP contribution in [0, 0.1) is 12.7 Å². The number of pyridine rings is 1. The van der Waals surface area contributed by atoms with E-state index in [1.807, 2.05) is 43.3 Å². The van der Waals surface area contributed by atoms with Crippen LogP contribution in [-0.2, 0) is 6.42 Å². The predicted molar refractivity (Wildman–Crippen MR) is 115 cm³/mol. The lowest BCUT2D eigenvalue weighted by Gasteiger charge is -2.10. The molecule has 29 heavy (non-hydrogen) atoms. The fourth-order valence-corrected chi connectivity index (χ4v) is 3.24. The van der Waals surface area contributed by atoms with Crippen molar-refractivity contribution in [3.05, 3.63) is 83.4 Å².